The van der Waals surface area contributed by atoms with Crippen LogP contribution in [-0.4, -0.2) is 41.0 Å². The van der Waals surface area contributed by atoms with Gasteiger partial charge in [-0.25, -0.2) is 9.78 Å². The number of rotatable bonds is 4. The monoisotopic (exact) mass is 346 g/mol. The molecule has 0 bridgehead atoms. The first-order chi connectivity index (χ1) is 11.0. The van der Waals surface area contributed by atoms with E-state index in [1.54, 1.807) is 31.3 Å². The zero-order valence-corrected chi connectivity index (χ0v) is 14.2. The molecule has 0 aliphatic rings. The summed E-state index contributed by atoms with van der Waals surface area (Å²) in [5.74, 6) is -0.934. The summed E-state index contributed by atoms with van der Waals surface area (Å²) in [6, 6.07) is 7.44. The van der Waals surface area contributed by atoms with Crippen molar-refractivity contribution in [2.75, 3.05) is 14.1 Å². The first kappa shape index (κ1) is 15.6. The normalized spacial score (nSPS) is 10.9. The highest BCUT2D eigenvalue weighted by atomic mass is 32.1. The quantitative estimate of drug-likeness (QED) is 0.786. The Morgan fingerprint density at radius 3 is 2.70 bits per heavy atom. The molecule has 0 aliphatic carbocycles. The van der Waals surface area contributed by atoms with Crippen LogP contribution in [0.3, 0.4) is 0 Å². The van der Waals surface area contributed by atoms with E-state index < -0.39 is 5.97 Å². The lowest BCUT2D eigenvalue weighted by Gasteiger charge is -2.08. The number of hydrogen-bond donors (Lipinski definition) is 1. The van der Waals surface area contributed by atoms with E-state index in [1.165, 1.54) is 22.7 Å². The van der Waals surface area contributed by atoms with Crippen LogP contribution >= 0.6 is 22.7 Å². The number of pyridine rings is 1. The van der Waals surface area contributed by atoms with Gasteiger partial charge in [0.25, 0.3) is 0 Å². The number of aromatic nitrogens is 1. The lowest BCUT2D eigenvalue weighted by Crippen LogP contribution is -2.22. The van der Waals surface area contributed by atoms with Crippen molar-refractivity contribution in [3.05, 3.63) is 40.2 Å². The van der Waals surface area contributed by atoms with E-state index in [0.717, 1.165) is 15.1 Å². The Kier molecular flexibility index (Phi) is 4.14. The molecule has 3 aromatic heterocycles. The molecular weight excluding hydrogens is 332 g/mol. The fourth-order valence-electron chi connectivity index (χ4n) is 2.24. The molecule has 3 heterocycles. The molecule has 0 spiro atoms. The van der Waals surface area contributed by atoms with E-state index in [9.17, 15) is 14.7 Å². The predicted octanol–water partition coefficient (Wildman–Crippen LogP) is 3.35. The molecule has 5 nitrogen and oxygen atoms in total. The highest BCUT2D eigenvalue weighted by Crippen LogP contribution is 2.40. The maximum atomic E-state index is 11.8. The van der Waals surface area contributed by atoms with E-state index in [-0.39, 0.29) is 10.8 Å². The van der Waals surface area contributed by atoms with Crippen molar-refractivity contribution in [1.29, 1.82) is 0 Å². The van der Waals surface area contributed by atoms with Gasteiger partial charge in [0.1, 0.15) is 9.71 Å². The molecule has 0 unspecified atom stereocenters. The molecule has 7 heteroatoms. The minimum absolute atomic E-state index is 0.0219. The second-order valence-corrected chi connectivity index (χ2v) is 7.37. The summed E-state index contributed by atoms with van der Waals surface area (Å²) >= 11 is 2.63. The maximum absolute atomic E-state index is 11.8. The van der Waals surface area contributed by atoms with Crippen molar-refractivity contribution in [3.8, 4) is 10.4 Å². The van der Waals surface area contributed by atoms with Gasteiger partial charge in [-0.1, -0.05) is 0 Å². The maximum Gasteiger partial charge on any atom is 0.346 e. The molecule has 0 saturated heterocycles. The minimum Gasteiger partial charge on any atom is -0.477 e. The van der Waals surface area contributed by atoms with Crippen LogP contribution in [0.2, 0.25) is 0 Å². The van der Waals surface area contributed by atoms with E-state index >= 15 is 0 Å². The van der Waals surface area contributed by atoms with Crippen molar-refractivity contribution in [3.63, 3.8) is 0 Å². The number of fused-ring (bicyclic) bond motifs is 1. The summed E-state index contributed by atoms with van der Waals surface area (Å²) in [5, 5.41) is 10.3. The Labute approximate surface area is 140 Å². The average Bonchev–Trinajstić information content (AvgIpc) is 3.10. The number of likely N-dealkylation sites (N-methyl/N-ethyl adjacent to an activating group) is 1. The number of carboxylic acid groups (broad SMARTS) is 1. The number of carboxylic acids is 1. The Bertz CT molecular complexity index is 896. The molecule has 0 aliphatic heterocycles. The average molecular weight is 346 g/mol. The van der Waals surface area contributed by atoms with Gasteiger partial charge >= 0.3 is 5.97 Å². The number of nitrogens with zero attached hydrogens (tertiary/aromatic N) is 2. The van der Waals surface area contributed by atoms with Gasteiger partial charge in [-0.3, -0.25) is 4.79 Å². The van der Waals surface area contributed by atoms with Crippen molar-refractivity contribution in [1.82, 2.24) is 9.88 Å². The molecule has 0 radical (unpaired) electrons. The predicted molar refractivity (Wildman–Crippen MR) is 92.3 cm³/mol. The van der Waals surface area contributed by atoms with E-state index in [2.05, 4.69) is 4.98 Å². The molecular formula is C16H14N2O3S2. The lowest BCUT2D eigenvalue weighted by molar-refractivity contribution is -0.127. The number of thiophene rings is 2. The molecule has 1 N–H and O–H groups in total. The molecule has 3 rings (SSSR count). The van der Waals surface area contributed by atoms with Gasteiger partial charge in [0, 0.05) is 41.0 Å². The Balaban J connectivity index is 2.07. The molecule has 0 aromatic carbocycles. The fourth-order valence-corrected chi connectivity index (χ4v) is 4.37. The molecule has 0 fully saturated rings. The lowest BCUT2D eigenvalue weighted by atomic mass is 10.1. The second kappa shape index (κ2) is 6.10. The van der Waals surface area contributed by atoms with Crippen LogP contribution in [0, 0.1) is 0 Å². The number of carbonyl (C=O) groups is 2. The van der Waals surface area contributed by atoms with Crippen molar-refractivity contribution >= 4 is 44.8 Å². The van der Waals surface area contributed by atoms with Crippen LogP contribution in [0.5, 0.6) is 0 Å². The van der Waals surface area contributed by atoms with Crippen LogP contribution in [0.4, 0.5) is 0 Å². The third kappa shape index (κ3) is 2.97. The largest absolute Gasteiger partial charge is 0.477 e. The van der Waals surface area contributed by atoms with Gasteiger partial charge in [0.05, 0.1) is 6.42 Å². The topological polar surface area (TPSA) is 70.5 Å². The van der Waals surface area contributed by atoms with E-state index in [0.29, 0.717) is 16.8 Å². The van der Waals surface area contributed by atoms with Crippen LogP contribution in [-0.2, 0) is 11.2 Å². The van der Waals surface area contributed by atoms with Crippen LogP contribution in [0.25, 0.3) is 20.7 Å². The third-order valence-electron chi connectivity index (χ3n) is 3.39. The van der Waals surface area contributed by atoms with Gasteiger partial charge in [-0.2, -0.15) is 0 Å². The molecule has 23 heavy (non-hydrogen) atoms. The van der Waals surface area contributed by atoms with Crippen molar-refractivity contribution < 1.29 is 14.7 Å². The van der Waals surface area contributed by atoms with Crippen LogP contribution in [0.1, 0.15) is 14.5 Å². The number of hydrogen-bond acceptors (Lipinski definition) is 5. The highest BCUT2D eigenvalue weighted by Gasteiger charge is 2.21. The first-order valence-electron chi connectivity index (χ1n) is 6.87. The van der Waals surface area contributed by atoms with E-state index in [4.69, 9.17) is 0 Å². The number of aromatic carboxylic acids is 1. The molecule has 1 amide bonds. The van der Waals surface area contributed by atoms with Crippen LogP contribution < -0.4 is 0 Å². The Hall–Kier alpha value is -2.25. The summed E-state index contributed by atoms with van der Waals surface area (Å²) in [5.41, 5.74) is 0.694. The smallest absolute Gasteiger partial charge is 0.346 e. The summed E-state index contributed by atoms with van der Waals surface area (Å²) in [6.07, 6.45) is 1.98. The fraction of sp³-hybridized carbons (Fsp3) is 0.188. The summed E-state index contributed by atoms with van der Waals surface area (Å²) < 4.78 is 0. The molecule has 0 saturated carbocycles. The standard InChI is InChI=1S/C16H14N2O3S2/c1-18(2)12(19)8-9-5-6-11(22-9)13-10-4-3-7-17-15(10)23-14(13)16(20)21/h3-7H,8H2,1-2H3,(H,20,21). The summed E-state index contributed by atoms with van der Waals surface area (Å²) in [4.78, 5) is 31.9. The number of carbonyl (C=O) groups excluding carboxylic acids is 1. The number of amides is 1. The van der Waals surface area contributed by atoms with Gasteiger partial charge in [0.15, 0.2) is 0 Å². The van der Waals surface area contributed by atoms with E-state index in [1.807, 2.05) is 18.2 Å². The van der Waals surface area contributed by atoms with Gasteiger partial charge < -0.3 is 10.0 Å². The van der Waals surface area contributed by atoms with Gasteiger partial charge in [0.2, 0.25) is 5.91 Å². The van der Waals surface area contributed by atoms with Crippen LogP contribution in [0.15, 0.2) is 30.5 Å². The van der Waals surface area contributed by atoms with Gasteiger partial charge in [-0.15, -0.1) is 22.7 Å². The van der Waals surface area contributed by atoms with Crippen molar-refractivity contribution in [2.24, 2.45) is 0 Å². The Morgan fingerprint density at radius 1 is 1.22 bits per heavy atom. The first-order valence-corrected chi connectivity index (χ1v) is 8.50. The summed E-state index contributed by atoms with van der Waals surface area (Å²) in [6.45, 7) is 0. The summed E-state index contributed by atoms with van der Waals surface area (Å²) in [7, 11) is 3.44. The van der Waals surface area contributed by atoms with Gasteiger partial charge in [-0.05, 0) is 24.3 Å². The highest BCUT2D eigenvalue weighted by molar-refractivity contribution is 7.22. The zero-order valence-electron chi connectivity index (χ0n) is 12.6. The SMILES string of the molecule is CN(C)C(=O)Cc1ccc(-c2c(C(=O)O)sc3ncccc23)s1. The zero-order chi connectivity index (χ0) is 16.6. The molecule has 3 aromatic rings. The minimum atomic E-state index is -0.956. The molecule has 0 atom stereocenters. The second-order valence-electron chi connectivity index (χ2n) is 5.20. The Morgan fingerprint density at radius 2 is 2.00 bits per heavy atom. The molecule has 118 valence electrons. The third-order valence-corrected chi connectivity index (χ3v) is 5.60. The van der Waals surface area contributed by atoms with Crippen molar-refractivity contribution in [2.45, 2.75) is 6.42 Å².